The van der Waals surface area contributed by atoms with Crippen LogP contribution in [0, 0.1) is 24.4 Å². The molecule has 0 unspecified atom stereocenters. The highest BCUT2D eigenvalue weighted by atomic mass is 79.9. The molecule has 0 spiro atoms. The number of halogens is 7. The summed E-state index contributed by atoms with van der Waals surface area (Å²) in [6.45, 7) is 1.81. The first kappa shape index (κ1) is 36.1. The number of alkyl halides is 2. The number of benzene rings is 1. The fraction of sp³-hybridized carbons (Fsp3) is 0.351. The first-order chi connectivity index (χ1) is 24.0. The van der Waals surface area contributed by atoms with Gasteiger partial charge in [0.25, 0.3) is 0 Å². The molecular weight excluding hydrogens is 783 g/mol. The van der Waals surface area contributed by atoms with Crippen LogP contribution < -0.4 is 0 Å². The monoisotopic (exact) mass is 814 g/mol. The van der Waals surface area contributed by atoms with Gasteiger partial charge in [-0.1, -0.05) is 15.9 Å². The van der Waals surface area contributed by atoms with Crippen LogP contribution >= 0.6 is 31.9 Å². The molecule has 50 heavy (non-hydrogen) atoms. The zero-order valence-electron chi connectivity index (χ0n) is 27.1. The molecule has 2 aliphatic rings. The Bertz CT molecular complexity index is 1930. The van der Waals surface area contributed by atoms with Crippen molar-refractivity contribution in [3.05, 3.63) is 128 Å². The summed E-state index contributed by atoms with van der Waals surface area (Å²) < 4.78 is 71.1. The van der Waals surface area contributed by atoms with Crippen LogP contribution in [0.4, 0.5) is 22.0 Å². The quantitative estimate of drug-likeness (QED) is 0.138. The molecule has 1 aromatic carbocycles. The van der Waals surface area contributed by atoms with Crippen LogP contribution in [0.2, 0.25) is 0 Å². The maximum absolute atomic E-state index is 14.3. The molecule has 0 bridgehead atoms. The van der Waals surface area contributed by atoms with Gasteiger partial charge in [0.2, 0.25) is 0 Å². The van der Waals surface area contributed by atoms with Crippen molar-refractivity contribution in [2.45, 2.75) is 81.5 Å². The average molecular weight is 817 g/mol. The number of pyridine rings is 2. The number of nitrogens with zero attached hydrogens (tertiary/aromatic N) is 6. The molecule has 0 aliphatic heterocycles. The predicted octanol–water partition coefficient (Wildman–Crippen LogP) is 9.67. The number of aryl methyl sites for hydroxylation is 3. The van der Waals surface area contributed by atoms with E-state index in [2.05, 4.69) is 62.2 Å². The molecule has 0 amide bonds. The van der Waals surface area contributed by atoms with E-state index in [1.54, 1.807) is 30.5 Å². The van der Waals surface area contributed by atoms with Gasteiger partial charge in [0, 0.05) is 33.3 Å². The third kappa shape index (κ3) is 7.93. The Labute approximate surface area is 303 Å². The summed E-state index contributed by atoms with van der Waals surface area (Å²) >= 11 is 6.64. The van der Waals surface area contributed by atoms with Crippen LogP contribution in [-0.2, 0) is 23.7 Å². The smallest absolute Gasteiger partial charge is 0.145 e. The first-order valence-electron chi connectivity index (χ1n) is 16.2. The lowest BCUT2D eigenvalue weighted by Crippen LogP contribution is -2.44. The van der Waals surface area contributed by atoms with Crippen molar-refractivity contribution >= 4 is 31.9 Å². The molecule has 0 radical (unpaired) electrons. The van der Waals surface area contributed by atoms with Gasteiger partial charge < -0.3 is 0 Å². The summed E-state index contributed by atoms with van der Waals surface area (Å²) in [7, 11) is 0. The maximum atomic E-state index is 14.3. The average Bonchev–Trinajstić information content (AvgIpc) is 3.07. The fourth-order valence-electron chi connectivity index (χ4n) is 6.85. The number of aromatic nitrogens is 6. The van der Waals surface area contributed by atoms with Gasteiger partial charge in [0.1, 0.15) is 34.4 Å². The van der Waals surface area contributed by atoms with Crippen molar-refractivity contribution < 1.29 is 22.0 Å². The Balaban J connectivity index is 0.000000182. The maximum Gasteiger partial charge on any atom is 0.145 e. The van der Waals surface area contributed by atoms with E-state index in [1.807, 2.05) is 19.1 Å². The van der Waals surface area contributed by atoms with Crippen molar-refractivity contribution in [2.24, 2.45) is 0 Å². The molecule has 2 saturated carbocycles. The third-order valence-electron chi connectivity index (χ3n) is 9.62. The van der Waals surface area contributed by atoms with Gasteiger partial charge >= 0.3 is 0 Å². The molecule has 13 heteroatoms. The van der Waals surface area contributed by atoms with Gasteiger partial charge in [-0.2, -0.15) is 15.3 Å². The van der Waals surface area contributed by atoms with E-state index in [0.717, 1.165) is 15.7 Å². The Morgan fingerprint density at radius 3 is 1.62 bits per heavy atom. The molecule has 4 aromatic heterocycles. The lowest BCUT2D eigenvalue weighted by atomic mass is 9.62. The highest BCUT2D eigenvalue weighted by Gasteiger charge is 2.49. The topological polar surface area (TPSA) is 77.3 Å². The predicted molar refractivity (Wildman–Crippen MR) is 186 cm³/mol. The lowest BCUT2D eigenvalue weighted by molar-refractivity contribution is 0.0791. The molecule has 0 atom stereocenters. The number of hydrogen-bond donors (Lipinski definition) is 0. The minimum atomic E-state index is -0.937. The van der Waals surface area contributed by atoms with Gasteiger partial charge in [-0.05, 0) is 140 Å². The highest BCUT2D eigenvalue weighted by molar-refractivity contribution is 9.10. The van der Waals surface area contributed by atoms with E-state index in [0.29, 0.717) is 71.5 Å². The first-order valence-corrected chi connectivity index (χ1v) is 17.8. The van der Waals surface area contributed by atoms with E-state index in [9.17, 15) is 22.0 Å². The Hall–Kier alpha value is -3.71. The summed E-state index contributed by atoms with van der Waals surface area (Å²) in [5.41, 5.74) is 2.69. The molecule has 0 N–H and O–H groups in total. The van der Waals surface area contributed by atoms with Gasteiger partial charge in [-0.3, -0.25) is 9.97 Å². The Morgan fingerprint density at radius 1 is 0.660 bits per heavy atom. The van der Waals surface area contributed by atoms with Gasteiger partial charge in [-0.15, -0.1) is 5.10 Å². The van der Waals surface area contributed by atoms with Crippen LogP contribution in [0.5, 0.6) is 0 Å². The van der Waals surface area contributed by atoms with Crippen molar-refractivity contribution in [1.82, 2.24) is 30.4 Å². The second-order valence-corrected chi connectivity index (χ2v) is 14.7. The van der Waals surface area contributed by atoms with Crippen molar-refractivity contribution in [3.63, 3.8) is 0 Å². The summed E-state index contributed by atoms with van der Waals surface area (Å²) in [5, 5.41) is 16.4. The van der Waals surface area contributed by atoms with Gasteiger partial charge in [-0.25, -0.2) is 22.0 Å². The Kier molecular flexibility index (Phi) is 11.0. The fourth-order valence-corrected chi connectivity index (χ4v) is 7.41. The normalized spacial score (nSPS) is 22.6. The largest absolute Gasteiger partial charge is 0.258 e. The zero-order chi connectivity index (χ0) is 35.5. The molecule has 5 aromatic rings. The second-order valence-electron chi connectivity index (χ2n) is 13.1. The molecular formula is C37H33Br2F5N6. The Morgan fingerprint density at radius 2 is 1.18 bits per heavy atom. The molecule has 4 heterocycles. The van der Waals surface area contributed by atoms with Crippen LogP contribution in [-0.4, -0.2) is 42.7 Å². The SMILES string of the molecule is Cc1cc(F)c(-c2ccc(CCC3(c4ncccc4F)CC(F)C3)nn2)cc1Br.Fc1cccnc1C1(CCc2ccc(Br)nn2)CC(F)C1. The zero-order valence-corrected chi connectivity index (χ0v) is 30.2. The van der Waals surface area contributed by atoms with E-state index in [4.69, 9.17) is 0 Å². The molecule has 6 nitrogen and oxygen atoms in total. The van der Waals surface area contributed by atoms with Crippen LogP contribution in [0.3, 0.4) is 0 Å². The van der Waals surface area contributed by atoms with Crippen LogP contribution in [0.25, 0.3) is 11.3 Å². The molecule has 2 fully saturated rings. The van der Waals surface area contributed by atoms with Crippen molar-refractivity contribution in [2.75, 3.05) is 0 Å². The van der Waals surface area contributed by atoms with Crippen molar-refractivity contribution in [1.29, 1.82) is 0 Å². The summed E-state index contributed by atoms with van der Waals surface area (Å²) in [6.07, 6.45) is 4.74. The third-order valence-corrected chi connectivity index (χ3v) is 10.9. The van der Waals surface area contributed by atoms with Crippen LogP contribution in [0.1, 0.15) is 66.9 Å². The molecule has 7 rings (SSSR count). The summed E-state index contributed by atoms with van der Waals surface area (Å²) in [4.78, 5) is 8.32. The van der Waals surface area contributed by atoms with Gasteiger partial charge in [0.15, 0.2) is 0 Å². The standard InChI is InChI=1S/C22H19BrF3N3.C15H14BrF2N3/c1-13-9-19(26)16(10-17(13)23)20-5-4-15(28-29-20)6-7-22(11-14(24)12-22)21-18(25)3-2-8-27-21;16-13-4-3-11(20-21-13)5-6-15(8-10(17)9-15)14-12(18)2-1-7-19-14/h2-5,8-10,14H,6-7,11-12H2,1H3;1-4,7,10H,5-6,8-9H2. The minimum Gasteiger partial charge on any atom is -0.258 e. The highest BCUT2D eigenvalue weighted by Crippen LogP contribution is 2.49. The molecule has 260 valence electrons. The lowest BCUT2D eigenvalue weighted by Gasteiger charge is -2.44. The van der Waals surface area contributed by atoms with Crippen LogP contribution in [0.15, 0.2) is 82.1 Å². The molecule has 2 aliphatic carbocycles. The van der Waals surface area contributed by atoms with E-state index >= 15 is 0 Å². The summed E-state index contributed by atoms with van der Waals surface area (Å²) in [5.74, 6) is -1.12. The second kappa shape index (κ2) is 15.3. The number of hydrogen-bond acceptors (Lipinski definition) is 6. The van der Waals surface area contributed by atoms with E-state index in [-0.39, 0.29) is 24.5 Å². The van der Waals surface area contributed by atoms with Gasteiger partial charge in [0.05, 0.1) is 28.5 Å². The van der Waals surface area contributed by atoms with E-state index in [1.165, 1.54) is 30.5 Å². The number of rotatable bonds is 9. The molecule has 0 saturated heterocycles. The minimum absolute atomic E-state index is 0.259. The van der Waals surface area contributed by atoms with Crippen molar-refractivity contribution in [3.8, 4) is 11.3 Å². The summed E-state index contributed by atoms with van der Waals surface area (Å²) in [6, 6.07) is 16.1. The van der Waals surface area contributed by atoms with E-state index < -0.39 is 29.0 Å².